The topological polar surface area (TPSA) is 137 Å². The van der Waals surface area contributed by atoms with Crippen molar-refractivity contribution in [2.75, 3.05) is 11.9 Å². The van der Waals surface area contributed by atoms with Crippen molar-refractivity contribution in [3.05, 3.63) is 29.2 Å². The van der Waals surface area contributed by atoms with Crippen LogP contribution < -0.4 is 10.6 Å². The number of Topliss-reactive ketones (excluding diaryl/α,β-unsaturated/α-hetero) is 2. The number of esters is 1. The molecule has 0 aliphatic heterocycles. The highest BCUT2D eigenvalue weighted by Crippen LogP contribution is 2.40. The van der Waals surface area contributed by atoms with Crippen molar-refractivity contribution in [1.82, 2.24) is 15.3 Å². The van der Waals surface area contributed by atoms with Crippen LogP contribution in [-0.2, 0) is 19.1 Å². The van der Waals surface area contributed by atoms with E-state index in [0.29, 0.717) is 17.0 Å². The SMILES string of the molecule is CCOC(=O)C(CC(=O)c1c(F)ccc2nc(C)c(NC(C)(C)C)nc12)C(=O)C1(NC(=O)OC(C)(C)C)CC1. The van der Waals surface area contributed by atoms with Crippen LogP contribution in [0.3, 0.4) is 0 Å². The van der Waals surface area contributed by atoms with Crippen LogP contribution in [0, 0.1) is 18.7 Å². The third-order valence-corrected chi connectivity index (χ3v) is 5.97. The summed E-state index contributed by atoms with van der Waals surface area (Å²) >= 11 is 0. The van der Waals surface area contributed by atoms with Crippen molar-refractivity contribution in [2.24, 2.45) is 5.92 Å². The van der Waals surface area contributed by atoms with Crippen molar-refractivity contribution in [3.63, 3.8) is 0 Å². The molecule has 1 aliphatic rings. The molecule has 1 atom stereocenters. The molecule has 212 valence electrons. The van der Waals surface area contributed by atoms with E-state index in [4.69, 9.17) is 9.47 Å². The van der Waals surface area contributed by atoms with Gasteiger partial charge in [0.05, 0.1) is 23.4 Å². The molecule has 10 nitrogen and oxygen atoms in total. The van der Waals surface area contributed by atoms with Crippen LogP contribution in [0.25, 0.3) is 11.0 Å². The number of alkyl carbamates (subject to hydrolysis) is 1. The monoisotopic (exact) mass is 544 g/mol. The number of hydrogen-bond donors (Lipinski definition) is 2. The summed E-state index contributed by atoms with van der Waals surface area (Å²) in [5.41, 5.74) is -2.05. The van der Waals surface area contributed by atoms with E-state index in [1.165, 1.54) is 6.07 Å². The molecule has 0 saturated heterocycles. The van der Waals surface area contributed by atoms with Crippen LogP contribution in [-0.4, -0.2) is 56.9 Å². The van der Waals surface area contributed by atoms with Crippen LogP contribution in [0.4, 0.5) is 15.0 Å². The van der Waals surface area contributed by atoms with Crippen molar-refractivity contribution in [3.8, 4) is 0 Å². The molecular formula is C28H37FN4O6. The van der Waals surface area contributed by atoms with Gasteiger partial charge in [0.15, 0.2) is 11.6 Å². The van der Waals surface area contributed by atoms with Gasteiger partial charge in [-0.15, -0.1) is 0 Å². The third kappa shape index (κ3) is 7.27. The van der Waals surface area contributed by atoms with Gasteiger partial charge in [-0.05, 0) is 80.4 Å². The first-order chi connectivity index (χ1) is 18.0. The van der Waals surface area contributed by atoms with E-state index in [2.05, 4.69) is 20.6 Å². The number of ether oxygens (including phenoxy) is 2. The molecule has 1 aliphatic carbocycles. The number of hydrogen-bond acceptors (Lipinski definition) is 9. The summed E-state index contributed by atoms with van der Waals surface area (Å²) in [4.78, 5) is 61.3. The molecule has 1 unspecified atom stereocenters. The molecule has 1 amide bonds. The minimum Gasteiger partial charge on any atom is -0.465 e. The Morgan fingerprint density at radius 1 is 1.08 bits per heavy atom. The lowest BCUT2D eigenvalue weighted by Crippen LogP contribution is -2.49. The Morgan fingerprint density at radius 2 is 1.72 bits per heavy atom. The second-order valence-corrected chi connectivity index (χ2v) is 11.8. The molecule has 3 rings (SSSR count). The highest BCUT2D eigenvalue weighted by Gasteiger charge is 2.55. The Balaban J connectivity index is 1.97. The number of fused-ring (bicyclic) bond motifs is 1. The quantitative estimate of drug-likeness (QED) is 0.262. The molecule has 0 spiro atoms. The van der Waals surface area contributed by atoms with E-state index in [9.17, 15) is 19.2 Å². The van der Waals surface area contributed by atoms with Gasteiger partial charge in [-0.2, -0.15) is 0 Å². The van der Waals surface area contributed by atoms with Gasteiger partial charge < -0.3 is 20.1 Å². The van der Waals surface area contributed by atoms with E-state index < -0.39 is 52.9 Å². The smallest absolute Gasteiger partial charge is 0.408 e. The average molecular weight is 545 g/mol. The minimum atomic E-state index is -1.56. The maximum Gasteiger partial charge on any atom is 0.408 e. The van der Waals surface area contributed by atoms with E-state index in [1.807, 2.05) is 20.8 Å². The zero-order valence-electron chi connectivity index (χ0n) is 23.8. The number of ketones is 2. The van der Waals surface area contributed by atoms with Crippen LogP contribution >= 0.6 is 0 Å². The second-order valence-electron chi connectivity index (χ2n) is 11.8. The zero-order chi connectivity index (χ0) is 29.3. The number of amides is 1. The fraction of sp³-hybridized carbons (Fsp3) is 0.571. The highest BCUT2D eigenvalue weighted by molar-refractivity contribution is 6.13. The predicted molar refractivity (Wildman–Crippen MR) is 143 cm³/mol. The maximum atomic E-state index is 15.1. The molecule has 0 bridgehead atoms. The molecular weight excluding hydrogens is 507 g/mol. The summed E-state index contributed by atoms with van der Waals surface area (Å²) in [5.74, 6) is -4.45. The number of halogens is 1. The van der Waals surface area contributed by atoms with E-state index in [1.54, 1.807) is 34.6 Å². The molecule has 1 saturated carbocycles. The number of aryl methyl sites for hydroxylation is 1. The van der Waals surface area contributed by atoms with E-state index in [-0.39, 0.29) is 36.1 Å². The predicted octanol–water partition coefficient (Wildman–Crippen LogP) is 4.67. The van der Waals surface area contributed by atoms with Gasteiger partial charge >= 0.3 is 12.1 Å². The van der Waals surface area contributed by atoms with Crippen molar-refractivity contribution in [1.29, 1.82) is 0 Å². The summed E-state index contributed by atoms with van der Waals surface area (Å²) in [5, 5.41) is 5.75. The number of carbonyl (C=O) groups is 4. The largest absolute Gasteiger partial charge is 0.465 e. The molecule has 1 aromatic carbocycles. The summed E-state index contributed by atoms with van der Waals surface area (Å²) in [6.07, 6.45) is -0.940. The number of rotatable bonds is 9. The molecule has 1 aromatic heterocycles. The Hall–Kier alpha value is -3.63. The van der Waals surface area contributed by atoms with Crippen LogP contribution in [0.5, 0.6) is 0 Å². The van der Waals surface area contributed by atoms with Gasteiger partial charge in [0.2, 0.25) is 0 Å². The fourth-order valence-electron chi connectivity index (χ4n) is 4.13. The molecule has 39 heavy (non-hydrogen) atoms. The number of aromatic nitrogens is 2. The number of anilines is 1. The first-order valence-corrected chi connectivity index (χ1v) is 13.0. The second kappa shape index (κ2) is 10.9. The van der Waals surface area contributed by atoms with Gasteiger partial charge in [-0.3, -0.25) is 14.4 Å². The van der Waals surface area contributed by atoms with Gasteiger partial charge in [0.1, 0.15) is 34.2 Å². The maximum absolute atomic E-state index is 15.1. The molecule has 0 radical (unpaired) electrons. The summed E-state index contributed by atoms with van der Waals surface area (Å²) in [6.45, 7) is 14.1. The van der Waals surface area contributed by atoms with Gasteiger partial charge in [-0.25, -0.2) is 19.2 Å². The van der Waals surface area contributed by atoms with E-state index >= 15 is 4.39 Å². The third-order valence-electron chi connectivity index (χ3n) is 5.97. The minimum absolute atomic E-state index is 0.0143. The van der Waals surface area contributed by atoms with Gasteiger partial charge in [0.25, 0.3) is 0 Å². The number of nitrogens with zero attached hydrogens (tertiary/aromatic N) is 2. The lowest BCUT2D eigenvalue weighted by Gasteiger charge is -2.25. The van der Waals surface area contributed by atoms with Gasteiger partial charge in [-0.1, -0.05) is 0 Å². The highest BCUT2D eigenvalue weighted by atomic mass is 19.1. The lowest BCUT2D eigenvalue weighted by molar-refractivity contribution is -0.152. The fourth-order valence-corrected chi connectivity index (χ4v) is 4.13. The van der Waals surface area contributed by atoms with Crippen molar-refractivity contribution < 1.29 is 33.0 Å². The van der Waals surface area contributed by atoms with E-state index in [0.717, 1.165) is 6.07 Å². The Bertz CT molecular complexity index is 1310. The number of nitrogens with one attached hydrogen (secondary N) is 2. The summed E-state index contributed by atoms with van der Waals surface area (Å²) < 4.78 is 25.5. The molecule has 1 fully saturated rings. The molecule has 2 aromatic rings. The molecule has 11 heteroatoms. The average Bonchev–Trinajstić information content (AvgIpc) is 3.56. The first kappa shape index (κ1) is 29.9. The summed E-state index contributed by atoms with van der Waals surface area (Å²) in [7, 11) is 0. The molecule has 1 heterocycles. The van der Waals surface area contributed by atoms with Crippen molar-refractivity contribution in [2.45, 2.75) is 91.3 Å². The van der Waals surface area contributed by atoms with Crippen molar-refractivity contribution >= 4 is 40.5 Å². The lowest BCUT2D eigenvalue weighted by atomic mass is 9.89. The normalized spacial score (nSPS) is 15.3. The van der Waals surface area contributed by atoms with Crippen LogP contribution in [0.1, 0.15) is 83.8 Å². The van der Waals surface area contributed by atoms with Crippen LogP contribution in [0.15, 0.2) is 12.1 Å². The summed E-state index contributed by atoms with van der Waals surface area (Å²) in [6, 6.07) is 2.52. The first-order valence-electron chi connectivity index (χ1n) is 13.0. The number of carbonyl (C=O) groups excluding carboxylic acids is 4. The Kier molecular flexibility index (Phi) is 8.33. The number of benzene rings is 1. The van der Waals surface area contributed by atoms with Gasteiger partial charge in [0, 0.05) is 12.0 Å². The Labute approximate surface area is 227 Å². The molecule has 2 N–H and O–H groups in total. The zero-order valence-corrected chi connectivity index (χ0v) is 23.8. The Morgan fingerprint density at radius 3 is 2.26 bits per heavy atom. The van der Waals surface area contributed by atoms with Crippen LogP contribution in [0.2, 0.25) is 0 Å². The standard InChI is InChI=1S/C28H37FN4O6/c1-9-38-24(36)16(22(35)28(12-13-28)33-25(37)39-27(6,7)8)14-19(34)20-17(29)10-11-18-21(20)31-23(15(2)30-18)32-26(3,4)5/h10-11,16H,9,12-14H2,1-8H3,(H,31,32)(H,33,37).